The SMILES string of the molecule is c1ccc2c(c1)NCCC2Cc1cccc2ccccc12. The van der Waals surface area contributed by atoms with Crippen molar-refractivity contribution < 1.29 is 0 Å². The van der Waals surface area contributed by atoms with Crippen molar-refractivity contribution in [2.45, 2.75) is 18.8 Å². The number of rotatable bonds is 2. The first kappa shape index (κ1) is 12.5. The molecule has 0 saturated carbocycles. The Bertz CT molecular complexity index is 770. The lowest BCUT2D eigenvalue weighted by atomic mass is 9.85. The Morgan fingerprint density at radius 1 is 0.857 bits per heavy atom. The summed E-state index contributed by atoms with van der Waals surface area (Å²) in [6, 6.07) is 24.1. The second-order valence-electron chi connectivity index (χ2n) is 5.84. The highest BCUT2D eigenvalue weighted by atomic mass is 14.9. The van der Waals surface area contributed by atoms with Crippen LogP contribution < -0.4 is 5.32 Å². The summed E-state index contributed by atoms with van der Waals surface area (Å²) in [5.74, 6) is 0.619. The average molecular weight is 273 g/mol. The number of hydrogen-bond donors (Lipinski definition) is 1. The Kier molecular flexibility index (Phi) is 3.11. The molecule has 0 radical (unpaired) electrons. The summed E-state index contributed by atoms with van der Waals surface area (Å²) in [5, 5.41) is 6.26. The van der Waals surface area contributed by atoms with Gasteiger partial charge in [0.2, 0.25) is 0 Å². The van der Waals surface area contributed by atoms with Gasteiger partial charge in [0.25, 0.3) is 0 Å². The van der Waals surface area contributed by atoms with Gasteiger partial charge in [0, 0.05) is 12.2 Å². The van der Waals surface area contributed by atoms with Crippen LogP contribution in [-0.4, -0.2) is 6.54 Å². The molecule has 0 amide bonds. The Hall–Kier alpha value is -2.28. The molecule has 1 heteroatoms. The summed E-state index contributed by atoms with van der Waals surface area (Å²) in [6.45, 7) is 1.08. The van der Waals surface area contributed by atoms with Crippen molar-refractivity contribution in [1.29, 1.82) is 0 Å². The van der Waals surface area contributed by atoms with E-state index in [0.29, 0.717) is 5.92 Å². The summed E-state index contributed by atoms with van der Waals surface area (Å²) < 4.78 is 0. The molecular formula is C20H19N. The van der Waals surface area contributed by atoms with Gasteiger partial charge in [-0.05, 0) is 46.7 Å². The van der Waals surface area contributed by atoms with Crippen molar-refractivity contribution in [3.63, 3.8) is 0 Å². The molecule has 1 N–H and O–H groups in total. The maximum absolute atomic E-state index is 3.52. The zero-order chi connectivity index (χ0) is 14.1. The van der Waals surface area contributed by atoms with Gasteiger partial charge < -0.3 is 5.32 Å². The summed E-state index contributed by atoms with van der Waals surface area (Å²) in [6.07, 6.45) is 2.33. The highest BCUT2D eigenvalue weighted by Gasteiger charge is 2.20. The monoisotopic (exact) mass is 273 g/mol. The van der Waals surface area contributed by atoms with Crippen LogP contribution in [0.15, 0.2) is 66.7 Å². The summed E-state index contributed by atoms with van der Waals surface area (Å²) in [7, 11) is 0. The van der Waals surface area contributed by atoms with E-state index < -0.39 is 0 Å². The maximum Gasteiger partial charge on any atom is 0.0375 e. The topological polar surface area (TPSA) is 12.0 Å². The third-order valence-electron chi connectivity index (χ3n) is 4.56. The van der Waals surface area contributed by atoms with Gasteiger partial charge in [0.15, 0.2) is 0 Å². The first-order chi connectivity index (χ1) is 10.4. The molecule has 1 atom stereocenters. The largest absolute Gasteiger partial charge is 0.385 e. The Labute approximate surface area is 125 Å². The number of nitrogens with one attached hydrogen (secondary N) is 1. The van der Waals surface area contributed by atoms with Gasteiger partial charge in [-0.25, -0.2) is 0 Å². The van der Waals surface area contributed by atoms with E-state index in [1.54, 1.807) is 0 Å². The van der Waals surface area contributed by atoms with Crippen LogP contribution in [0.3, 0.4) is 0 Å². The fourth-order valence-electron chi connectivity index (χ4n) is 3.50. The standard InChI is InChI=1S/C20H19N/c1-2-9-18-15(6-1)7-5-8-16(18)14-17-12-13-21-20-11-4-3-10-19(17)20/h1-11,17,21H,12-14H2. The Morgan fingerprint density at radius 2 is 1.67 bits per heavy atom. The Morgan fingerprint density at radius 3 is 2.67 bits per heavy atom. The second-order valence-corrected chi connectivity index (χ2v) is 5.84. The molecule has 0 aliphatic carbocycles. The molecule has 0 bridgehead atoms. The Balaban J connectivity index is 1.73. The van der Waals surface area contributed by atoms with Crippen LogP contribution in [0, 0.1) is 0 Å². The molecule has 3 aromatic carbocycles. The van der Waals surface area contributed by atoms with Gasteiger partial charge in [-0.3, -0.25) is 0 Å². The molecule has 4 rings (SSSR count). The van der Waals surface area contributed by atoms with E-state index in [-0.39, 0.29) is 0 Å². The van der Waals surface area contributed by atoms with Crippen LogP contribution in [0.4, 0.5) is 5.69 Å². The molecule has 0 spiro atoms. The van der Waals surface area contributed by atoms with Crippen molar-refractivity contribution in [3.8, 4) is 0 Å². The van der Waals surface area contributed by atoms with Crippen molar-refractivity contribution in [2.75, 3.05) is 11.9 Å². The first-order valence-electron chi connectivity index (χ1n) is 7.71. The molecule has 104 valence electrons. The zero-order valence-electron chi connectivity index (χ0n) is 12.0. The van der Waals surface area contributed by atoms with Crippen molar-refractivity contribution in [1.82, 2.24) is 0 Å². The second kappa shape index (κ2) is 5.25. The minimum absolute atomic E-state index is 0.619. The van der Waals surface area contributed by atoms with Crippen LogP contribution in [-0.2, 0) is 6.42 Å². The zero-order valence-corrected chi connectivity index (χ0v) is 12.0. The molecule has 1 heterocycles. The fraction of sp³-hybridized carbons (Fsp3) is 0.200. The first-order valence-corrected chi connectivity index (χ1v) is 7.71. The van der Waals surface area contributed by atoms with Crippen LogP contribution >= 0.6 is 0 Å². The van der Waals surface area contributed by atoms with E-state index >= 15 is 0 Å². The lowest BCUT2D eigenvalue weighted by Gasteiger charge is -2.27. The summed E-state index contributed by atoms with van der Waals surface area (Å²) >= 11 is 0. The molecule has 0 fully saturated rings. The molecule has 0 aromatic heterocycles. The molecule has 1 unspecified atom stereocenters. The van der Waals surface area contributed by atoms with Gasteiger partial charge in [-0.2, -0.15) is 0 Å². The maximum atomic E-state index is 3.52. The van der Waals surface area contributed by atoms with Crippen LogP contribution in [0.25, 0.3) is 10.8 Å². The third-order valence-corrected chi connectivity index (χ3v) is 4.56. The molecule has 21 heavy (non-hydrogen) atoms. The number of para-hydroxylation sites is 1. The lowest BCUT2D eigenvalue weighted by molar-refractivity contribution is 0.626. The summed E-state index contributed by atoms with van der Waals surface area (Å²) in [5.41, 5.74) is 4.25. The molecule has 1 aliphatic heterocycles. The number of hydrogen-bond acceptors (Lipinski definition) is 1. The van der Waals surface area contributed by atoms with Gasteiger partial charge in [-0.1, -0.05) is 60.7 Å². The third kappa shape index (κ3) is 2.29. The van der Waals surface area contributed by atoms with Crippen molar-refractivity contribution >= 4 is 16.5 Å². The van der Waals surface area contributed by atoms with Crippen molar-refractivity contribution in [2.24, 2.45) is 0 Å². The lowest BCUT2D eigenvalue weighted by Crippen LogP contribution is -2.18. The predicted octanol–water partition coefficient (Wildman–Crippen LogP) is 4.98. The van der Waals surface area contributed by atoms with E-state index in [9.17, 15) is 0 Å². The average Bonchev–Trinajstić information content (AvgIpc) is 2.56. The smallest absolute Gasteiger partial charge is 0.0375 e. The van der Waals surface area contributed by atoms with Crippen LogP contribution in [0.2, 0.25) is 0 Å². The molecule has 1 nitrogen and oxygen atoms in total. The van der Waals surface area contributed by atoms with Gasteiger partial charge in [-0.15, -0.1) is 0 Å². The highest BCUT2D eigenvalue weighted by molar-refractivity contribution is 5.85. The highest BCUT2D eigenvalue weighted by Crippen LogP contribution is 2.35. The summed E-state index contributed by atoms with van der Waals surface area (Å²) in [4.78, 5) is 0. The predicted molar refractivity (Wildman–Crippen MR) is 89.9 cm³/mol. The minimum atomic E-state index is 0.619. The van der Waals surface area contributed by atoms with Gasteiger partial charge in [0.05, 0.1) is 0 Å². The van der Waals surface area contributed by atoms with Crippen LogP contribution in [0.5, 0.6) is 0 Å². The number of anilines is 1. The van der Waals surface area contributed by atoms with E-state index in [1.165, 1.54) is 34.0 Å². The number of benzene rings is 3. The molecule has 1 aliphatic rings. The van der Waals surface area contributed by atoms with E-state index in [4.69, 9.17) is 0 Å². The van der Waals surface area contributed by atoms with Crippen LogP contribution in [0.1, 0.15) is 23.5 Å². The van der Waals surface area contributed by atoms with Gasteiger partial charge >= 0.3 is 0 Å². The van der Waals surface area contributed by atoms with E-state index in [0.717, 1.165) is 13.0 Å². The molecular weight excluding hydrogens is 254 g/mol. The number of fused-ring (bicyclic) bond motifs is 2. The van der Waals surface area contributed by atoms with Crippen molar-refractivity contribution in [3.05, 3.63) is 77.9 Å². The minimum Gasteiger partial charge on any atom is -0.385 e. The van der Waals surface area contributed by atoms with E-state index in [2.05, 4.69) is 72.0 Å². The normalized spacial score (nSPS) is 17.2. The molecule has 3 aromatic rings. The van der Waals surface area contributed by atoms with E-state index in [1.807, 2.05) is 0 Å². The fourth-order valence-corrected chi connectivity index (χ4v) is 3.50. The van der Waals surface area contributed by atoms with Gasteiger partial charge in [0.1, 0.15) is 0 Å². The quantitative estimate of drug-likeness (QED) is 0.694. The molecule has 0 saturated heterocycles.